The fourth-order valence-electron chi connectivity index (χ4n) is 3.09. The Balaban J connectivity index is 2.22. The van der Waals surface area contributed by atoms with Crippen molar-refractivity contribution in [2.75, 3.05) is 0 Å². The van der Waals surface area contributed by atoms with Crippen LogP contribution >= 0.6 is 0 Å². The second kappa shape index (κ2) is 6.69. The summed E-state index contributed by atoms with van der Waals surface area (Å²) in [6.45, 7) is 0. The predicted octanol–water partition coefficient (Wildman–Crippen LogP) is 3.71. The molecule has 0 heterocycles. The summed E-state index contributed by atoms with van der Waals surface area (Å²) in [5, 5.41) is 29.4. The molecule has 0 saturated heterocycles. The van der Waals surface area contributed by atoms with Crippen LogP contribution in [0.25, 0.3) is 0 Å². The van der Waals surface area contributed by atoms with E-state index in [1.54, 1.807) is 24.3 Å². The van der Waals surface area contributed by atoms with Gasteiger partial charge in [0.1, 0.15) is 16.9 Å². The summed E-state index contributed by atoms with van der Waals surface area (Å²) < 4.78 is 0. The Kier molecular flexibility index (Phi) is 4.44. The molecular formula is C21H18O4. The first-order valence-corrected chi connectivity index (χ1v) is 7.89. The van der Waals surface area contributed by atoms with E-state index in [1.807, 2.05) is 30.3 Å². The molecule has 0 atom stereocenters. The van der Waals surface area contributed by atoms with Crippen LogP contribution in [0.4, 0.5) is 0 Å². The normalized spacial score (nSPS) is 11.2. The smallest absolute Gasteiger partial charge is 0.318 e. The second-order valence-electron chi connectivity index (χ2n) is 5.97. The number of aromatic hydroxyl groups is 2. The maximum absolute atomic E-state index is 12.5. The number of phenols is 2. The maximum atomic E-state index is 12.5. The number of aliphatic carboxylic acids is 1. The molecule has 0 radical (unpaired) electrons. The van der Waals surface area contributed by atoms with Crippen molar-refractivity contribution in [3.05, 3.63) is 95.6 Å². The van der Waals surface area contributed by atoms with E-state index in [2.05, 4.69) is 0 Å². The van der Waals surface area contributed by atoms with Gasteiger partial charge in [0.05, 0.1) is 0 Å². The summed E-state index contributed by atoms with van der Waals surface area (Å²) in [5.41, 5.74) is 0.675. The molecule has 0 aromatic heterocycles. The Morgan fingerprint density at radius 1 is 0.720 bits per heavy atom. The standard InChI is InChI=1S/C21H18O4/c22-18-10-6-16(7-11-18)21(20(24)25,14-15-4-2-1-3-5-15)17-8-12-19(23)13-9-17/h1-13,22-23H,14H2,(H,24,25). The number of carboxylic acid groups (broad SMARTS) is 1. The molecule has 25 heavy (non-hydrogen) atoms. The number of hydrogen-bond acceptors (Lipinski definition) is 3. The first-order valence-electron chi connectivity index (χ1n) is 7.89. The topological polar surface area (TPSA) is 77.8 Å². The van der Waals surface area contributed by atoms with Crippen molar-refractivity contribution in [3.63, 3.8) is 0 Å². The summed E-state index contributed by atoms with van der Waals surface area (Å²) in [6, 6.07) is 21.8. The predicted molar refractivity (Wildman–Crippen MR) is 94.8 cm³/mol. The molecule has 0 bridgehead atoms. The van der Waals surface area contributed by atoms with Crippen molar-refractivity contribution in [2.24, 2.45) is 0 Å². The fraction of sp³-hybridized carbons (Fsp3) is 0.0952. The third kappa shape index (κ3) is 3.19. The lowest BCUT2D eigenvalue weighted by Crippen LogP contribution is -2.39. The molecular weight excluding hydrogens is 316 g/mol. The highest BCUT2D eigenvalue weighted by Crippen LogP contribution is 2.37. The molecule has 0 aliphatic carbocycles. The van der Waals surface area contributed by atoms with Gasteiger partial charge in [0, 0.05) is 0 Å². The molecule has 0 aliphatic heterocycles. The van der Waals surface area contributed by atoms with Gasteiger partial charge in [-0.25, -0.2) is 0 Å². The van der Waals surface area contributed by atoms with Gasteiger partial charge in [0.2, 0.25) is 0 Å². The summed E-state index contributed by atoms with van der Waals surface area (Å²) in [6.07, 6.45) is 0.249. The Hall–Kier alpha value is -3.27. The molecule has 3 rings (SSSR count). The highest BCUT2D eigenvalue weighted by atomic mass is 16.4. The zero-order chi connectivity index (χ0) is 17.9. The SMILES string of the molecule is O=C(O)C(Cc1ccccc1)(c1ccc(O)cc1)c1ccc(O)cc1. The van der Waals surface area contributed by atoms with Crippen LogP contribution in [0.2, 0.25) is 0 Å². The van der Waals surface area contributed by atoms with E-state index in [1.165, 1.54) is 24.3 Å². The van der Waals surface area contributed by atoms with Crippen LogP contribution in [0.5, 0.6) is 11.5 Å². The molecule has 3 N–H and O–H groups in total. The zero-order valence-electron chi connectivity index (χ0n) is 13.5. The first-order chi connectivity index (χ1) is 12.0. The lowest BCUT2D eigenvalue weighted by Gasteiger charge is -2.31. The summed E-state index contributed by atoms with van der Waals surface area (Å²) in [7, 11) is 0. The van der Waals surface area contributed by atoms with E-state index in [0.29, 0.717) is 11.1 Å². The number of benzene rings is 3. The van der Waals surface area contributed by atoms with Gasteiger partial charge in [-0.2, -0.15) is 0 Å². The second-order valence-corrected chi connectivity index (χ2v) is 5.97. The minimum absolute atomic E-state index is 0.0773. The molecule has 126 valence electrons. The van der Waals surface area contributed by atoms with Crippen molar-refractivity contribution >= 4 is 5.97 Å². The number of hydrogen-bond donors (Lipinski definition) is 3. The maximum Gasteiger partial charge on any atom is 0.318 e. The molecule has 0 fully saturated rings. The first kappa shape index (κ1) is 16.6. The Labute approximate surface area is 145 Å². The summed E-state index contributed by atoms with van der Waals surface area (Å²) >= 11 is 0. The summed E-state index contributed by atoms with van der Waals surface area (Å²) in [4.78, 5) is 12.5. The van der Waals surface area contributed by atoms with E-state index >= 15 is 0 Å². The van der Waals surface area contributed by atoms with Gasteiger partial charge in [-0.15, -0.1) is 0 Å². The molecule has 0 saturated carbocycles. The van der Waals surface area contributed by atoms with Gasteiger partial charge in [-0.3, -0.25) is 4.79 Å². The molecule has 4 nitrogen and oxygen atoms in total. The van der Waals surface area contributed by atoms with E-state index in [-0.39, 0.29) is 17.9 Å². The molecule has 0 unspecified atom stereocenters. The van der Waals surface area contributed by atoms with Crippen molar-refractivity contribution < 1.29 is 20.1 Å². The third-order valence-electron chi connectivity index (χ3n) is 4.40. The average Bonchev–Trinajstić information content (AvgIpc) is 2.62. The van der Waals surface area contributed by atoms with E-state index in [9.17, 15) is 20.1 Å². The van der Waals surface area contributed by atoms with Crippen LogP contribution in [-0.4, -0.2) is 21.3 Å². The molecule has 3 aromatic rings. The number of carboxylic acids is 1. The van der Waals surface area contributed by atoms with Gasteiger partial charge in [-0.05, 0) is 47.4 Å². The Morgan fingerprint density at radius 2 is 1.16 bits per heavy atom. The molecule has 0 spiro atoms. The Bertz CT molecular complexity index is 807. The number of rotatable bonds is 5. The van der Waals surface area contributed by atoms with Crippen LogP contribution in [-0.2, 0) is 16.6 Å². The van der Waals surface area contributed by atoms with E-state index in [0.717, 1.165) is 5.56 Å². The molecule has 3 aromatic carbocycles. The summed E-state index contributed by atoms with van der Waals surface area (Å²) in [5.74, 6) is -0.838. The average molecular weight is 334 g/mol. The van der Waals surface area contributed by atoms with Crippen molar-refractivity contribution in [3.8, 4) is 11.5 Å². The van der Waals surface area contributed by atoms with Crippen LogP contribution < -0.4 is 0 Å². The minimum atomic E-state index is -1.33. The van der Waals surface area contributed by atoms with Crippen LogP contribution in [0.15, 0.2) is 78.9 Å². The highest BCUT2D eigenvalue weighted by molar-refractivity contribution is 5.86. The monoisotopic (exact) mass is 334 g/mol. The van der Waals surface area contributed by atoms with Crippen molar-refractivity contribution in [1.29, 1.82) is 0 Å². The van der Waals surface area contributed by atoms with Gasteiger partial charge in [0.15, 0.2) is 0 Å². The van der Waals surface area contributed by atoms with Crippen LogP contribution in [0.1, 0.15) is 16.7 Å². The van der Waals surface area contributed by atoms with Crippen molar-refractivity contribution in [2.45, 2.75) is 11.8 Å². The highest BCUT2D eigenvalue weighted by Gasteiger charge is 2.42. The van der Waals surface area contributed by atoms with Crippen LogP contribution in [0, 0.1) is 0 Å². The number of phenolic OH excluding ortho intramolecular Hbond substituents is 2. The molecule has 0 aliphatic rings. The minimum Gasteiger partial charge on any atom is -0.508 e. The largest absolute Gasteiger partial charge is 0.508 e. The van der Waals surface area contributed by atoms with Gasteiger partial charge in [-0.1, -0.05) is 54.6 Å². The quantitative estimate of drug-likeness (QED) is 0.665. The lowest BCUT2D eigenvalue weighted by molar-refractivity contribution is -0.142. The van der Waals surface area contributed by atoms with Crippen LogP contribution in [0.3, 0.4) is 0 Å². The zero-order valence-corrected chi connectivity index (χ0v) is 13.5. The van der Waals surface area contributed by atoms with Crippen molar-refractivity contribution in [1.82, 2.24) is 0 Å². The van der Waals surface area contributed by atoms with Gasteiger partial charge in [0.25, 0.3) is 0 Å². The molecule has 0 amide bonds. The van der Waals surface area contributed by atoms with Gasteiger partial charge < -0.3 is 15.3 Å². The molecule has 4 heteroatoms. The lowest BCUT2D eigenvalue weighted by atomic mass is 9.70. The van der Waals surface area contributed by atoms with E-state index in [4.69, 9.17) is 0 Å². The van der Waals surface area contributed by atoms with E-state index < -0.39 is 11.4 Å². The Morgan fingerprint density at radius 3 is 1.56 bits per heavy atom. The fourth-order valence-corrected chi connectivity index (χ4v) is 3.09. The third-order valence-corrected chi connectivity index (χ3v) is 4.40. The van der Waals surface area contributed by atoms with Gasteiger partial charge >= 0.3 is 5.97 Å². The number of carbonyl (C=O) groups is 1.